The van der Waals surface area contributed by atoms with Crippen molar-refractivity contribution in [2.75, 3.05) is 5.32 Å². The Bertz CT molecular complexity index is 3070. The summed E-state index contributed by atoms with van der Waals surface area (Å²) in [6, 6.07) is 46.3. The number of aliphatic imine (C=N–C) groups is 1. The molecule has 1 aliphatic heterocycles. The quantitative estimate of drug-likeness (QED) is 0.140. The number of rotatable bonds is 8. The fourth-order valence-corrected chi connectivity index (χ4v) is 9.10. The number of H-pyrrole nitrogens is 1. The molecule has 4 aromatic carbocycles. The Labute approximate surface area is 345 Å². The van der Waals surface area contributed by atoms with E-state index in [1.54, 1.807) is 48.8 Å². The number of aromatic nitrogens is 5. The molecule has 0 unspecified atom stereocenters. The van der Waals surface area contributed by atoms with E-state index < -0.39 is 5.91 Å². The summed E-state index contributed by atoms with van der Waals surface area (Å²) in [7, 11) is 0. The maximum atomic E-state index is 13.8. The van der Waals surface area contributed by atoms with Crippen LogP contribution in [0.5, 0.6) is 0 Å². The molecule has 0 atom stereocenters. The van der Waals surface area contributed by atoms with Crippen LogP contribution in [0, 0.1) is 0 Å². The molecule has 0 aliphatic carbocycles. The monoisotopic (exact) mass is 802 g/mol. The van der Waals surface area contributed by atoms with Crippen LogP contribution in [0.4, 0.5) is 5.82 Å². The van der Waals surface area contributed by atoms with E-state index in [1.165, 1.54) is 22.7 Å². The number of thiazole rings is 2. The molecule has 3 N–H and O–H groups in total. The summed E-state index contributed by atoms with van der Waals surface area (Å²) in [5.41, 5.74) is 8.18. The van der Waals surface area contributed by atoms with Gasteiger partial charge in [0.25, 0.3) is 11.8 Å². The number of anilines is 1. The minimum Gasteiger partial charge on any atom is -0.341 e. The van der Waals surface area contributed by atoms with Crippen LogP contribution < -0.4 is 10.6 Å². The van der Waals surface area contributed by atoms with Crippen LogP contribution in [0.25, 0.3) is 59.4 Å². The number of allylic oxidation sites excluding steroid dienone is 1. The van der Waals surface area contributed by atoms with E-state index >= 15 is 0 Å². The van der Waals surface area contributed by atoms with Crippen molar-refractivity contribution in [2.45, 2.75) is 0 Å². The maximum absolute atomic E-state index is 13.8. The predicted molar refractivity (Wildman–Crippen MR) is 237 cm³/mol. The third-order valence-electron chi connectivity index (χ3n) is 9.69. The lowest BCUT2D eigenvalue weighted by Crippen LogP contribution is -2.31. The molecule has 282 valence electrons. The van der Waals surface area contributed by atoms with E-state index in [1.807, 2.05) is 115 Å². The molecule has 0 bridgehead atoms. The Morgan fingerprint density at radius 2 is 1.08 bits per heavy atom. The largest absolute Gasteiger partial charge is 0.341 e. The molecular weight excluding hydrogens is 773 g/mol. The van der Waals surface area contributed by atoms with Gasteiger partial charge in [-0.25, -0.2) is 15.0 Å². The van der Waals surface area contributed by atoms with Crippen LogP contribution in [-0.4, -0.2) is 42.6 Å². The number of amides is 2. The van der Waals surface area contributed by atoms with Crippen molar-refractivity contribution in [1.82, 2.24) is 30.2 Å². The Hall–Kier alpha value is -7.67. The van der Waals surface area contributed by atoms with Crippen molar-refractivity contribution in [3.05, 3.63) is 191 Å². The van der Waals surface area contributed by atoms with Gasteiger partial charge in [0, 0.05) is 23.5 Å². The maximum Gasteiger partial charge on any atom is 0.275 e. The van der Waals surface area contributed by atoms with E-state index in [9.17, 15) is 9.59 Å². The van der Waals surface area contributed by atoms with Gasteiger partial charge in [-0.05, 0) is 65.7 Å². The first kappa shape index (κ1) is 35.7. The number of carbonyl (C=O) groups excluding carboxylic acids is 2. The lowest BCUT2D eigenvalue weighted by atomic mass is 9.96. The first-order chi connectivity index (χ1) is 29.1. The van der Waals surface area contributed by atoms with Gasteiger partial charge in [-0.3, -0.25) is 19.6 Å². The molecule has 6 heterocycles. The molecule has 5 aromatic heterocycles. The van der Waals surface area contributed by atoms with Crippen molar-refractivity contribution in [3.8, 4) is 21.7 Å². The molecular formula is C47H30N8O2S2. The summed E-state index contributed by atoms with van der Waals surface area (Å²) in [6.45, 7) is 0. The van der Waals surface area contributed by atoms with E-state index in [0.717, 1.165) is 53.3 Å². The van der Waals surface area contributed by atoms with Gasteiger partial charge in [-0.15, -0.1) is 22.7 Å². The third-order valence-corrected chi connectivity index (χ3v) is 11.8. The second-order valence-corrected chi connectivity index (χ2v) is 15.5. The number of aromatic amines is 1. The van der Waals surface area contributed by atoms with Crippen LogP contribution in [-0.2, 0) is 0 Å². The summed E-state index contributed by atoms with van der Waals surface area (Å²) in [5, 5.41) is 7.63. The first-order valence-corrected chi connectivity index (χ1v) is 20.3. The first-order valence-electron chi connectivity index (χ1n) is 18.7. The summed E-state index contributed by atoms with van der Waals surface area (Å²) in [4.78, 5) is 55.2. The van der Waals surface area contributed by atoms with Gasteiger partial charge in [0.05, 0.1) is 43.0 Å². The zero-order chi connectivity index (χ0) is 39.7. The minimum absolute atomic E-state index is 0.252. The number of pyridine rings is 2. The lowest BCUT2D eigenvalue weighted by Gasteiger charge is -2.10. The van der Waals surface area contributed by atoms with Crippen molar-refractivity contribution < 1.29 is 9.59 Å². The lowest BCUT2D eigenvalue weighted by molar-refractivity contribution is 0.0971. The molecule has 2 amide bonds. The van der Waals surface area contributed by atoms with Gasteiger partial charge >= 0.3 is 0 Å². The molecule has 9 aromatic rings. The highest BCUT2D eigenvalue weighted by molar-refractivity contribution is 7.21. The van der Waals surface area contributed by atoms with Crippen LogP contribution in [0.3, 0.4) is 0 Å². The molecule has 0 fully saturated rings. The second kappa shape index (κ2) is 15.3. The minimum atomic E-state index is -0.404. The van der Waals surface area contributed by atoms with Crippen LogP contribution in [0.2, 0.25) is 0 Å². The molecule has 12 heteroatoms. The topological polar surface area (TPSA) is 138 Å². The van der Waals surface area contributed by atoms with Crippen LogP contribution in [0.1, 0.15) is 37.2 Å². The van der Waals surface area contributed by atoms with Crippen molar-refractivity contribution >= 4 is 83.8 Å². The summed E-state index contributed by atoms with van der Waals surface area (Å²) in [5.74, 6) is 0.00828. The standard InChI is InChI=1S/C47H30N8O2S2/c56-44(32-21-11-13-25-48-32)54-42-40(46-52-30-19-7-9-23-36(30)58-46)38(28-15-3-1-4-16-28)34(50-42)27-35-39(29-17-5-2-6-18-29)41(47-53-31-20-8-10-24-37(31)59-47)43(51-35)55-45(57)33-22-12-14-26-49-33/h1-27,50H,(H,54,56)(H,51,55,57). The van der Waals surface area contributed by atoms with Gasteiger partial charge in [0.15, 0.2) is 0 Å². The number of hydrogen-bond donors (Lipinski definition) is 3. The molecule has 1 aliphatic rings. The van der Waals surface area contributed by atoms with E-state index in [2.05, 4.69) is 25.6 Å². The van der Waals surface area contributed by atoms with E-state index in [-0.39, 0.29) is 17.3 Å². The average Bonchev–Trinajstić information content (AvgIpc) is 4.07. The third kappa shape index (κ3) is 6.92. The molecule has 0 spiro atoms. The van der Waals surface area contributed by atoms with Gasteiger partial charge in [-0.1, -0.05) is 97.1 Å². The number of carbonyl (C=O) groups is 2. The zero-order valence-electron chi connectivity index (χ0n) is 31.0. The molecule has 10 rings (SSSR count). The number of nitrogens with zero attached hydrogens (tertiary/aromatic N) is 5. The Balaban J connectivity index is 1.23. The van der Waals surface area contributed by atoms with Crippen LogP contribution in [0.15, 0.2) is 169 Å². The van der Waals surface area contributed by atoms with Crippen molar-refractivity contribution in [2.24, 2.45) is 4.99 Å². The van der Waals surface area contributed by atoms with Gasteiger partial charge in [0.2, 0.25) is 0 Å². The number of para-hydroxylation sites is 2. The number of fused-ring (bicyclic) bond motifs is 2. The summed E-state index contributed by atoms with van der Waals surface area (Å²) < 4.78 is 2.01. The molecule has 59 heavy (non-hydrogen) atoms. The highest BCUT2D eigenvalue weighted by Gasteiger charge is 2.32. The Kier molecular flexibility index (Phi) is 9.29. The van der Waals surface area contributed by atoms with Gasteiger partial charge in [0.1, 0.15) is 33.1 Å². The zero-order valence-corrected chi connectivity index (χ0v) is 32.6. The predicted octanol–water partition coefficient (Wildman–Crippen LogP) is 10.4. The Morgan fingerprint density at radius 1 is 0.542 bits per heavy atom. The van der Waals surface area contributed by atoms with Crippen molar-refractivity contribution in [1.29, 1.82) is 0 Å². The smallest absolute Gasteiger partial charge is 0.275 e. The normalized spacial score (nSPS) is 13.3. The number of amidine groups is 1. The summed E-state index contributed by atoms with van der Waals surface area (Å²) in [6.07, 6.45) is 5.14. The SMILES string of the molecule is O=C(NC1=NC(=Cc2[nH]c(NC(=O)c3ccccn3)c(-c3nc4ccccc4s3)c2-c2ccccc2)C(c2ccccc2)=C1c1nc2ccccc2s1)c1ccccn1. The fraction of sp³-hybridized carbons (Fsp3) is 0. The highest BCUT2D eigenvalue weighted by atomic mass is 32.1. The van der Waals surface area contributed by atoms with E-state index in [0.29, 0.717) is 33.6 Å². The number of nitrogens with one attached hydrogen (secondary N) is 3. The molecule has 0 saturated heterocycles. The van der Waals surface area contributed by atoms with Gasteiger partial charge in [-0.2, -0.15) is 0 Å². The second-order valence-electron chi connectivity index (χ2n) is 13.4. The van der Waals surface area contributed by atoms with Gasteiger partial charge < -0.3 is 15.6 Å². The molecule has 10 nitrogen and oxygen atoms in total. The Morgan fingerprint density at radius 3 is 1.69 bits per heavy atom. The highest BCUT2D eigenvalue weighted by Crippen LogP contribution is 2.47. The molecule has 0 radical (unpaired) electrons. The number of benzene rings is 4. The van der Waals surface area contributed by atoms with Crippen LogP contribution >= 0.6 is 22.7 Å². The summed E-state index contributed by atoms with van der Waals surface area (Å²) >= 11 is 3.07. The molecule has 0 saturated carbocycles. The van der Waals surface area contributed by atoms with Crippen molar-refractivity contribution in [3.63, 3.8) is 0 Å². The average molecular weight is 803 g/mol. The number of hydrogen-bond acceptors (Lipinski definition) is 9. The fourth-order valence-electron chi connectivity index (χ4n) is 7.06. The van der Waals surface area contributed by atoms with E-state index in [4.69, 9.17) is 15.0 Å².